The molecule has 1 aromatic heterocycles. The summed E-state index contributed by atoms with van der Waals surface area (Å²) in [6.07, 6.45) is 4.38. The van der Waals surface area contributed by atoms with E-state index in [9.17, 15) is 14.7 Å². The number of carboxylic acids is 1. The maximum Gasteiger partial charge on any atom is 0.305 e. The maximum atomic E-state index is 12.7. The molecule has 1 atom stereocenters. The summed E-state index contributed by atoms with van der Waals surface area (Å²) in [4.78, 5) is 23.9. The van der Waals surface area contributed by atoms with Crippen LogP contribution < -0.4 is 5.32 Å². The van der Waals surface area contributed by atoms with Gasteiger partial charge in [0, 0.05) is 6.54 Å². The summed E-state index contributed by atoms with van der Waals surface area (Å²) in [7, 11) is 0. The number of rotatable bonds is 5. The number of aliphatic carboxylic acids is 1. The van der Waals surface area contributed by atoms with Crippen molar-refractivity contribution in [2.45, 2.75) is 45.2 Å². The molecule has 6 nitrogen and oxygen atoms in total. The number of carboxylic acid groups (broad SMARTS) is 1. The van der Waals surface area contributed by atoms with Crippen molar-refractivity contribution in [3.63, 3.8) is 0 Å². The third-order valence-electron chi connectivity index (χ3n) is 4.47. The molecule has 1 aliphatic rings. The highest BCUT2D eigenvalue weighted by atomic mass is 16.4. The number of aryl methyl sites for hydroxylation is 2. The van der Waals surface area contributed by atoms with Gasteiger partial charge in [0.1, 0.15) is 0 Å². The molecule has 1 amide bonds. The van der Waals surface area contributed by atoms with Crippen LogP contribution in [0.1, 0.15) is 52.5 Å². The van der Waals surface area contributed by atoms with Crippen LogP contribution in [0.3, 0.4) is 0 Å². The van der Waals surface area contributed by atoms with Crippen molar-refractivity contribution in [2.24, 2.45) is 0 Å². The molecule has 2 N–H and O–H groups in total. The number of aromatic nitrogens is 2. The molecule has 2 heterocycles. The van der Waals surface area contributed by atoms with Gasteiger partial charge < -0.3 is 10.4 Å². The standard InChI is InChI=1S/C18H21N3O3/c1-12-6-2-3-7-13(12)15(10-17(22)23)20-18(24)14-11-19-21-9-5-4-8-16(14)21/h2-3,6-7,11,15H,4-5,8-10H2,1H3,(H,20,24)(H,22,23). The molecule has 0 radical (unpaired) electrons. The zero-order chi connectivity index (χ0) is 17.1. The van der Waals surface area contributed by atoms with E-state index in [-0.39, 0.29) is 12.3 Å². The number of hydrogen-bond donors (Lipinski definition) is 2. The Morgan fingerprint density at radius 3 is 2.88 bits per heavy atom. The maximum absolute atomic E-state index is 12.7. The van der Waals surface area contributed by atoms with Crippen LogP contribution in [0.2, 0.25) is 0 Å². The lowest BCUT2D eigenvalue weighted by Gasteiger charge is -2.20. The molecule has 0 bridgehead atoms. The molecule has 0 saturated carbocycles. The first-order valence-electron chi connectivity index (χ1n) is 8.19. The third kappa shape index (κ3) is 3.32. The molecule has 1 aliphatic heterocycles. The van der Waals surface area contributed by atoms with Gasteiger partial charge in [-0.3, -0.25) is 14.3 Å². The predicted molar refractivity (Wildman–Crippen MR) is 88.8 cm³/mol. The van der Waals surface area contributed by atoms with Crippen molar-refractivity contribution in [3.05, 3.63) is 52.8 Å². The highest BCUT2D eigenvalue weighted by Gasteiger charge is 2.24. The first-order chi connectivity index (χ1) is 11.6. The van der Waals surface area contributed by atoms with Gasteiger partial charge in [0.2, 0.25) is 0 Å². The minimum Gasteiger partial charge on any atom is -0.481 e. The molecule has 0 spiro atoms. The normalized spacial score (nSPS) is 14.7. The van der Waals surface area contributed by atoms with Crippen LogP contribution in [-0.2, 0) is 17.8 Å². The van der Waals surface area contributed by atoms with E-state index in [0.717, 1.165) is 42.6 Å². The average molecular weight is 327 g/mol. The zero-order valence-electron chi connectivity index (χ0n) is 13.7. The Bertz CT molecular complexity index is 767. The van der Waals surface area contributed by atoms with Gasteiger partial charge in [-0.15, -0.1) is 0 Å². The molecular formula is C18H21N3O3. The van der Waals surface area contributed by atoms with Crippen LogP contribution in [0.5, 0.6) is 0 Å². The number of nitrogens with zero attached hydrogens (tertiary/aromatic N) is 2. The van der Waals surface area contributed by atoms with E-state index in [0.29, 0.717) is 5.56 Å². The summed E-state index contributed by atoms with van der Waals surface area (Å²) in [5, 5.41) is 16.4. The number of carbonyl (C=O) groups excluding carboxylic acids is 1. The molecule has 6 heteroatoms. The highest BCUT2D eigenvalue weighted by Crippen LogP contribution is 2.23. The molecule has 0 aliphatic carbocycles. The minimum atomic E-state index is -0.944. The van der Waals surface area contributed by atoms with Crippen molar-refractivity contribution < 1.29 is 14.7 Å². The second-order valence-corrected chi connectivity index (χ2v) is 6.17. The predicted octanol–water partition coefficient (Wildman–Crippen LogP) is 2.47. The van der Waals surface area contributed by atoms with E-state index >= 15 is 0 Å². The van der Waals surface area contributed by atoms with Gasteiger partial charge in [-0.05, 0) is 37.3 Å². The van der Waals surface area contributed by atoms with E-state index in [1.54, 1.807) is 6.20 Å². The van der Waals surface area contributed by atoms with Gasteiger partial charge in [-0.25, -0.2) is 0 Å². The van der Waals surface area contributed by atoms with Crippen LogP contribution in [0.15, 0.2) is 30.5 Å². The molecular weight excluding hydrogens is 306 g/mol. The zero-order valence-corrected chi connectivity index (χ0v) is 13.7. The van der Waals surface area contributed by atoms with Crippen LogP contribution in [-0.4, -0.2) is 26.8 Å². The summed E-state index contributed by atoms with van der Waals surface area (Å²) in [5.74, 6) is -1.20. The van der Waals surface area contributed by atoms with Crippen LogP contribution in [0.4, 0.5) is 0 Å². The van der Waals surface area contributed by atoms with Crippen LogP contribution >= 0.6 is 0 Å². The smallest absolute Gasteiger partial charge is 0.305 e. The van der Waals surface area contributed by atoms with Crippen molar-refractivity contribution in [1.82, 2.24) is 15.1 Å². The van der Waals surface area contributed by atoms with Gasteiger partial charge in [0.15, 0.2) is 0 Å². The minimum absolute atomic E-state index is 0.153. The Balaban J connectivity index is 1.85. The molecule has 126 valence electrons. The lowest BCUT2D eigenvalue weighted by Crippen LogP contribution is -2.31. The first-order valence-corrected chi connectivity index (χ1v) is 8.19. The molecule has 0 saturated heterocycles. The molecule has 1 aromatic carbocycles. The molecule has 3 rings (SSSR count). The quantitative estimate of drug-likeness (QED) is 0.883. The van der Waals surface area contributed by atoms with Gasteiger partial charge in [-0.2, -0.15) is 5.10 Å². The Kier molecular flexibility index (Phi) is 4.64. The summed E-state index contributed by atoms with van der Waals surface area (Å²) in [6.45, 7) is 2.75. The summed E-state index contributed by atoms with van der Waals surface area (Å²) >= 11 is 0. The number of fused-ring (bicyclic) bond motifs is 1. The lowest BCUT2D eigenvalue weighted by atomic mass is 9.98. The second kappa shape index (κ2) is 6.86. The lowest BCUT2D eigenvalue weighted by molar-refractivity contribution is -0.137. The fourth-order valence-electron chi connectivity index (χ4n) is 3.24. The van der Waals surface area contributed by atoms with Crippen molar-refractivity contribution in [2.75, 3.05) is 0 Å². The van der Waals surface area contributed by atoms with E-state index in [1.165, 1.54) is 0 Å². The van der Waals surface area contributed by atoms with Crippen molar-refractivity contribution >= 4 is 11.9 Å². The first kappa shape index (κ1) is 16.2. The topological polar surface area (TPSA) is 84.2 Å². The van der Waals surface area contributed by atoms with Gasteiger partial charge in [0.05, 0.1) is 29.9 Å². The van der Waals surface area contributed by atoms with Gasteiger partial charge in [0.25, 0.3) is 5.91 Å². The van der Waals surface area contributed by atoms with Crippen molar-refractivity contribution in [3.8, 4) is 0 Å². The summed E-state index contributed by atoms with van der Waals surface area (Å²) in [6, 6.07) is 6.96. The Labute approximate surface area is 140 Å². The average Bonchev–Trinajstić information content (AvgIpc) is 2.98. The van der Waals surface area contributed by atoms with Gasteiger partial charge >= 0.3 is 5.97 Å². The summed E-state index contributed by atoms with van der Waals surface area (Å²) in [5.41, 5.74) is 3.28. The fraction of sp³-hybridized carbons (Fsp3) is 0.389. The number of benzene rings is 1. The molecule has 0 fully saturated rings. The Hall–Kier alpha value is -2.63. The number of carbonyl (C=O) groups is 2. The van der Waals surface area contributed by atoms with Gasteiger partial charge in [-0.1, -0.05) is 24.3 Å². The molecule has 24 heavy (non-hydrogen) atoms. The monoisotopic (exact) mass is 327 g/mol. The number of hydrogen-bond acceptors (Lipinski definition) is 3. The van der Waals surface area contributed by atoms with E-state index in [4.69, 9.17) is 0 Å². The van der Waals surface area contributed by atoms with E-state index in [2.05, 4.69) is 10.4 Å². The van der Waals surface area contributed by atoms with Crippen molar-refractivity contribution in [1.29, 1.82) is 0 Å². The van der Waals surface area contributed by atoms with E-state index < -0.39 is 12.0 Å². The molecule has 1 unspecified atom stereocenters. The number of amides is 1. The molecule has 2 aromatic rings. The van der Waals surface area contributed by atoms with E-state index in [1.807, 2.05) is 35.9 Å². The SMILES string of the molecule is Cc1ccccc1C(CC(=O)O)NC(=O)c1cnn2c1CCCC2. The Morgan fingerprint density at radius 2 is 2.12 bits per heavy atom. The largest absolute Gasteiger partial charge is 0.481 e. The Morgan fingerprint density at radius 1 is 1.33 bits per heavy atom. The fourth-order valence-corrected chi connectivity index (χ4v) is 3.24. The summed E-state index contributed by atoms with van der Waals surface area (Å²) < 4.78 is 1.87. The van der Waals surface area contributed by atoms with Crippen LogP contribution in [0, 0.1) is 6.92 Å². The second-order valence-electron chi connectivity index (χ2n) is 6.17. The third-order valence-corrected chi connectivity index (χ3v) is 4.47. The van der Waals surface area contributed by atoms with Crippen LogP contribution in [0.25, 0.3) is 0 Å². The highest BCUT2D eigenvalue weighted by molar-refractivity contribution is 5.95. The number of nitrogens with one attached hydrogen (secondary N) is 1.